The van der Waals surface area contributed by atoms with Crippen molar-refractivity contribution in [1.82, 2.24) is 0 Å². The highest BCUT2D eigenvalue weighted by molar-refractivity contribution is 5.51. The van der Waals surface area contributed by atoms with E-state index in [9.17, 15) is 4.39 Å². The molecule has 0 aliphatic heterocycles. The number of halogens is 1. The second-order valence-corrected chi connectivity index (χ2v) is 2.84. The first-order chi connectivity index (χ1) is 6.74. The van der Waals surface area contributed by atoms with Crippen LogP contribution in [0.3, 0.4) is 0 Å². The Morgan fingerprint density at radius 3 is 3.07 bits per heavy atom. The highest BCUT2D eigenvalue weighted by Gasteiger charge is 1.96. The van der Waals surface area contributed by atoms with Crippen molar-refractivity contribution < 1.29 is 4.39 Å². The SMILES string of the molecule is Cc1ccc(F)c(C=CCN=[N+]=[N-])c1. The lowest BCUT2D eigenvalue weighted by Gasteiger charge is -1.97. The van der Waals surface area contributed by atoms with Crippen LogP contribution in [0.1, 0.15) is 11.1 Å². The van der Waals surface area contributed by atoms with E-state index < -0.39 is 0 Å². The van der Waals surface area contributed by atoms with Crippen LogP contribution in [0.2, 0.25) is 0 Å². The first-order valence-corrected chi connectivity index (χ1v) is 4.17. The van der Waals surface area contributed by atoms with E-state index in [0.29, 0.717) is 5.56 Å². The molecular weight excluding hydrogens is 181 g/mol. The fourth-order valence-electron chi connectivity index (χ4n) is 1.05. The predicted octanol–water partition coefficient (Wildman–Crippen LogP) is 3.46. The van der Waals surface area contributed by atoms with Gasteiger partial charge < -0.3 is 0 Å². The Morgan fingerprint density at radius 1 is 1.57 bits per heavy atom. The van der Waals surface area contributed by atoms with E-state index in [1.54, 1.807) is 24.3 Å². The zero-order valence-corrected chi connectivity index (χ0v) is 7.81. The Kier molecular flexibility index (Phi) is 3.70. The third-order valence-electron chi connectivity index (χ3n) is 1.70. The number of hydrogen-bond acceptors (Lipinski definition) is 1. The van der Waals surface area contributed by atoms with Gasteiger partial charge in [0.2, 0.25) is 0 Å². The predicted molar refractivity (Wildman–Crippen MR) is 54.2 cm³/mol. The summed E-state index contributed by atoms with van der Waals surface area (Å²) in [6, 6.07) is 4.87. The van der Waals surface area contributed by atoms with E-state index in [0.717, 1.165) is 5.56 Å². The van der Waals surface area contributed by atoms with Crippen LogP contribution in [0.25, 0.3) is 16.5 Å². The molecule has 14 heavy (non-hydrogen) atoms. The fraction of sp³-hybridized carbons (Fsp3) is 0.200. The van der Waals surface area contributed by atoms with Crippen molar-refractivity contribution in [2.45, 2.75) is 6.92 Å². The molecule has 0 fully saturated rings. The molecule has 0 radical (unpaired) electrons. The van der Waals surface area contributed by atoms with Crippen LogP contribution in [-0.2, 0) is 0 Å². The van der Waals surface area contributed by atoms with Gasteiger partial charge in [0.15, 0.2) is 0 Å². The summed E-state index contributed by atoms with van der Waals surface area (Å²) in [5, 5.41) is 3.31. The molecule has 4 heteroatoms. The van der Waals surface area contributed by atoms with Crippen molar-refractivity contribution in [2.75, 3.05) is 6.54 Å². The molecule has 0 N–H and O–H groups in total. The topological polar surface area (TPSA) is 48.8 Å². The van der Waals surface area contributed by atoms with Gasteiger partial charge in [0.1, 0.15) is 5.82 Å². The van der Waals surface area contributed by atoms with Crippen molar-refractivity contribution >= 4 is 6.08 Å². The molecule has 0 saturated carbocycles. The van der Waals surface area contributed by atoms with Crippen molar-refractivity contribution in [1.29, 1.82) is 0 Å². The molecule has 1 aromatic carbocycles. The van der Waals surface area contributed by atoms with E-state index >= 15 is 0 Å². The van der Waals surface area contributed by atoms with Crippen molar-refractivity contribution in [3.63, 3.8) is 0 Å². The molecule has 0 atom stereocenters. The van der Waals surface area contributed by atoms with E-state index in [-0.39, 0.29) is 12.4 Å². The number of rotatable bonds is 3. The smallest absolute Gasteiger partial charge is 0.130 e. The molecule has 0 aliphatic carbocycles. The highest BCUT2D eigenvalue weighted by Crippen LogP contribution is 2.11. The van der Waals surface area contributed by atoms with Gasteiger partial charge in [-0.25, -0.2) is 4.39 Å². The summed E-state index contributed by atoms with van der Waals surface area (Å²) >= 11 is 0. The van der Waals surface area contributed by atoms with Gasteiger partial charge in [-0.2, -0.15) is 0 Å². The number of hydrogen-bond donors (Lipinski definition) is 0. The largest absolute Gasteiger partial charge is 0.206 e. The summed E-state index contributed by atoms with van der Waals surface area (Å²) in [5.41, 5.74) is 9.52. The zero-order valence-electron chi connectivity index (χ0n) is 7.81. The normalized spacial score (nSPS) is 10.1. The minimum Gasteiger partial charge on any atom is -0.206 e. The second-order valence-electron chi connectivity index (χ2n) is 2.84. The van der Waals surface area contributed by atoms with Crippen LogP contribution in [0.5, 0.6) is 0 Å². The van der Waals surface area contributed by atoms with Crippen LogP contribution in [0, 0.1) is 12.7 Å². The van der Waals surface area contributed by atoms with Crippen LogP contribution in [0.15, 0.2) is 29.4 Å². The Labute approximate surface area is 81.5 Å². The van der Waals surface area contributed by atoms with Gasteiger partial charge in [0, 0.05) is 17.0 Å². The average molecular weight is 191 g/mol. The van der Waals surface area contributed by atoms with Crippen LogP contribution >= 0.6 is 0 Å². The van der Waals surface area contributed by atoms with Crippen molar-refractivity contribution in [3.05, 3.63) is 51.7 Å². The van der Waals surface area contributed by atoms with Crippen molar-refractivity contribution in [2.24, 2.45) is 5.11 Å². The molecule has 1 aromatic rings. The maximum atomic E-state index is 13.1. The minimum atomic E-state index is -0.271. The van der Waals surface area contributed by atoms with Gasteiger partial charge in [-0.3, -0.25) is 0 Å². The summed E-state index contributed by atoms with van der Waals surface area (Å²) in [6.07, 6.45) is 3.23. The van der Waals surface area contributed by atoms with E-state index in [4.69, 9.17) is 5.53 Å². The maximum Gasteiger partial charge on any atom is 0.130 e. The van der Waals surface area contributed by atoms with Crippen LogP contribution in [0.4, 0.5) is 4.39 Å². The molecule has 3 nitrogen and oxygen atoms in total. The Hall–Kier alpha value is -1.80. The van der Waals surface area contributed by atoms with Gasteiger partial charge in [-0.1, -0.05) is 28.9 Å². The molecule has 1 rings (SSSR count). The molecule has 0 aliphatic rings. The number of azide groups is 1. The maximum absolute atomic E-state index is 13.1. The summed E-state index contributed by atoms with van der Waals surface area (Å²) in [4.78, 5) is 2.59. The molecule has 0 saturated heterocycles. The second kappa shape index (κ2) is 5.04. The fourth-order valence-corrected chi connectivity index (χ4v) is 1.05. The number of nitrogens with zero attached hydrogens (tertiary/aromatic N) is 3. The van der Waals surface area contributed by atoms with Gasteiger partial charge in [0.25, 0.3) is 0 Å². The van der Waals surface area contributed by atoms with Crippen LogP contribution < -0.4 is 0 Å². The van der Waals surface area contributed by atoms with Gasteiger partial charge in [-0.05, 0) is 24.6 Å². The standard InChI is InChI=1S/C10H10FN3/c1-8-4-5-10(11)9(7-8)3-2-6-13-14-12/h2-5,7H,6H2,1H3. The molecule has 0 bridgehead atoms. The lowest BCUT2D eigenvalue weighted by atomic mass is 10.1. The van der Waals surface area contributed by atoms with E-state index in [1.165, 1.54) is 6.07 Å². The van der Waals surface area contributed by atoms with Crippen molar-refractivity contribution in [3.8, 4) is 0 Å². The highest BCUT2D eigenvalue weighted by atomic mass is 19.1. The molecule has 0 aromatic heterocycles. The lowest BCUT2D eigenvalue weighted by molar-refractivity contribution is 0.624. The monoisotopic (exact) mass is 191 g/mol. The number of aryl methyl sites for hydroxylation is 1. The first-order valence-electron chi connectivity index (χ1n) is 4.17. The Bertz CT molecular complexity index is 392. The summed E-state index contributed by atoms with van der Waals surface area (Å²) < 4.78 is 13.1. The average Bonchev–Trinajstić information content (AvgIpc) is 2.18. The summed E-state index contributed by atoms with van der Waals surface area (Å²) in [6.45, 7) is 2.13. The van der Waals surface area contributed by atoms with Gasteiger partial charge in [-0.15, -0.1) is 0 Å². The molecule has 0 amide bonds. The molecule has 0 heterocycles. The lowest BCUT2D eigenvalue weighted by Crippen LogP contribution is -1.83. The third-order valence-corrected chi connectivity index (χ3v) is 1.70. The summed E-state index contributed by atoms with van der Waals surface area (Å²) in [7, 11) is 0. The Balaban J connectivity index is 2.79. The minimum absolute atomic E-state index is 0.240. The van der Waals surface area contributed by atoms with Gasteiger partial charge in [0.05, 0.1) is 0 Å². The zero-order chi connectivity index (χ0) is 10.4. The quantitative estimate of drug-likeness (QED) is 0.399. The molecule has 0 spiro atoms. The number of benzene rings is 1. The third kappa shape index (κ3) is 2.92. The van der Waals surface area contributed by atoms with E-state index in [2.05, 4.69) is 10.0 Å². The van der Waals surface area contributed by atoms with E-state index in [1.807, 2.05) is 6.92 Å². The van der Waals surface area contributed by atoms with Crippen LogP contribution in [-0.4, -0.2) is 6.54 Å². The summed E-state index contributed by atoms with van der Waals surface area (Å²) in [5.74, 6) is -0.271. The van der Waals surface area contributed by atoms with Gasteiger partial charge >= 0.3 is 0 Å². The Morgan fingerprint density at radius 2 is 2.36 bits per heavy atom. The molecule has 72 valence electrons. The molecule has 0 unspecified atom stereocenters. The first kappa shape index (κ1) is 10.3. The molecular formula is C10H10FN3.